The molecule has 1 aliphatic rings. The zero-order chi connectivity index (χ0) is 20.3. The number of hydrogen-bond acceptors (Lipinski definition) is 6. The van der Waals surface area contributed by atoms with Gasteiger partial charge in [-0.05, 0) is 69.3 Å². The summed E-state index contributed by atoms with van der Waals surface area (Å²) in [6, 6.07) is 9.07. The minimum absolute atomic E-state index is 0.289. The van der Waals surface area contributed by atoms with Gasteiger partial charge in [-0.15, -0.1) is 11.3 Å². The first kappa shape index (κ1) is 21.0. The Balaban J connectivity index is 1.72. The Kier molecular flexibility index (Phi) is 6.92. The van der Waals surface area contributed by atoms with Crippen molar-refractivity contribution in [2.75, 3.05) is 6.61 Å². The molecule has 0 spiro atoms. The second-order valence-corrected chi connectivity index (χ2v) is 9.81. The normalized spacial score (nSPS) is 15.6. The lowest BCUT2D eigenvalue weighted by molar-refractivity contribution is -0.123. The Morgan fingerprint density at radius 1 is 1.39 bits per heavy atom. The Hall–Kier alpha value is -1.68. The molecule has 1 aromatic carbocycles. The highest BCUT2D eigenvalue weighted by molar-refractivity contribution is 9.10. The van der Waals surface area contributed by atoms with Gasteiger partial charge in [0, 0.05) is 0 Å². The lowest BCUT2D eigenvalue weighted by Crippen LogP contribution is -2.44. The number of amides is 2. The maximum atomic E-state index is 12.7. The highest BCUT2D eigenvalue weighted by Gasteiger charge is 2.33. The van der Waals surface area contributed by atoms with E-state index in [-0.39, 0.29) is 16.1 Å². The molecule has 146 valence electrons. The molecule has 1 N–H and O–H groups in total. The number of nitrogens with one attached hydrogen (secondary N) is 1. The van der Waals surface area contributed by atoms with Gasteiger partial charge < -0.3 is 4.74 Å². The van der Waals surface area contributed by atoms with Gasteiger partial charge in [-0.3, -0.25) is 15.0 Å². The van der Waals surface area contributed by atoms with E-state index in [9.17, 15) is 9.59 Å². The van der Waals surface area contributed by atoms with Crippen molar-refractivity contribution in [3.05, 3.63) is 55.5 Å². The summed E-state index contributed by atoms with van der Waals surface area (Å²) in [5, 5.41) is 2.91. The van der Waals surface area contributed by atoms with Crippen molar-refractivity contribution in [2.24, 2.45) is 5.92 Å². The first-order chi connectivity index (χ1) is 13.3. The van der Waals surface area contributed by atoms with Gasteiger partial charge in [0.2, 0.25) is 0 Å². The lowest BCUT2D eigenvalue weighted by Gasteiger charge is -2.14. The van der Waals surface area contributed by atoms with Crippen molar-refractivity contribution in [2.45, 2.75) is 13.8 Å². The Morgan fingerprint density at radius 3 is 2.82 bits per heavy atom. The van der Waals surface area contributed by atoms with Crippen molar-refractivity contribution in [1.82, 2.24) is 10.4 Å². The molecule has 2 heterocycles. The molecule has 1 saturated heterocycles. The molecule has 0 bridgehead atoms. The quantitative estimate of drug-likeness (QED) is 0.445. The lowest BCUT2D eigenvalue weighted by atomic mass is 10.2. The maximum Gasteiger partial charge on any atom is 0.285 e. The highest BCUT2D eigenvalue weighted by Crippen LogP contribution is 2.33. The van der Waals surface area contributed by atoms with Gasteiger partial charge in [-0.2, -0.15) is 5.01 Å². The molecule has 1 aromatic heterocycles. The summed E-state index contributed by atoms with van der Waals surface area (Å²) in [5.74, 6) is 0.470. The van der Waals surface area contributed by atoms with E-state index in [2.05, 4.69) is 35.2 Å². The van der Waals surface area contributed by atoms with E-state index in [0.717, 1.165) is 32.6 Å². The molecule has 3 rings (SSSR count). The molecule has 0 aliphatic carbocycles. The van der Waals surface area contributed by atoms with Crippen LogP contribution in [0, 0.1) is 5.92 Å². The van der Waals surface area contributed by atoms with E-state index >= 15 is 0 Å². The fourth-order valence-corrected chi connectivity index (χ4v) is 4.56. The number of ether oxygens (including phenoxy) is 1. The van der Waals surface area contributed by atoms with Crippen LogP contribution in [0.25, 0.3) is 6.08 Å². The van der Waals surface area contributed by atoms with Crippen molar-refractivity contribution in [3.63, 3.8) is 0 Å². The standard InChI is InChI=1S/C19H17BrN2O3S3/c1-11(2)10-25-14-6-5-12(8-13(14)20)9-16-18(24)22(19(26)28-16)21-17(23)15-4-3-7-27-15/h3-9,11H,10H2,1-2H3,(H,21,23)/b16-9+. The number of benzene rings is 1. The molecule has 0 radical (unpaired) electrons. The summed E-state index contributed by atoms with van der Waals surface area (Å²) in [6.07, 6.45) is 1.74. The van der Waals surface area contributed by atoms with Crippen molar-refractivity contribution < 1.29 is 14.3 Å². The van der Waals surface area contributed by atoms with Gasteiger partial charge in [-0.1, -0.05) is 37.7 Å². The fraction of sp³-hybridized carbons (Fsp3) is 0.211. The second-order valence-electron chi connectivity index (χ2n) is 6.33. The first-order valence-electron chi connectivity index (χ1n) is 8.40. The summed E-state index contributed by atoms with van der Waals surface area (Å²) >= 11 is 11.2. The first-order valence-corrected chi connectivity index (χ1v) is 11.3. The van der Waals surface area contributed by atoms with Gasteiger partial charge >= 0.3 is 0 Å². The minimum atomic E-state index is -0.359. The third-order valence-electron chi connectivity index (χ3n) is 3.58. The molecule has 2 aromatic rings. The SMILES string of the molecule is CC(C)COc1ccc(/C=C2/SC(=S)N(NC(=O)c3cccs3)C2=O)cc1Br. The molecule has 1 aliphatic heterocycles. The predicted octanol–water partition coefficient (Wildman–Crippen LogP) is 5.09. The number of halogens is 1. The van der Waals surface area contributed by atoms with E-state index in [1.807, 2.05) is 18.2 Å². The smallest absolute Gasteiger partial charge is 0.285 e. The number of hydrazine groups is 1. The number of hydrogen-bond donors (Lipinski definition) is 1. The van der Waals surface area contributed by atoms with Crippen LogP contribution in [0.5, 0.6) is 5.75 Å². The third-order valence-corrected chi connectivity index (χ3v) is 6.37. The van der Waals surface area contributed by atoms with Crippen LogP contribution in [-0.4, -0.2) is 27.8 Å². The summed E-state index contributed by atoms with van der Waals surface area (Å²) in [4.78, 5) is 25.8. The van der Waals surface area contributed by atoms with Crippen molar-refractivity contribution in [1.29, 1.82) is 0 Å². The number of nitrogens with zero attached hydrogens (tertiary/aromatic N) is 1. The van der Waals surface area contributed by atoms with Crippen LogP contribution >= 0.6 is 51.2 Å². The van der Waals surface area contributed by atoms with Crippen LogP contribution in [0.4, 0.5) is 0 Å². The summed E-state index contributed by atoms with van der Waals surface area (Å²) < 4.78 is 6.84. The van der Waals surface area contributed by atoms with E-state index < -0.39 is 0 Å². The van der Waals surface area contributed by atoms with Crippen LogP contribution in [0.3, 0.4) is 0 Å². The molecular formula is C19H17BrN2O3S3. The van der Waals surface area contributed by atoms with Gasteiger partial charge in [0.15, 0.2) is 4.32 Å². The summed E-state index contributed by atoms with van der Waals surface area (Å²) in [5.41, 5.74) is 3.40. The topological polar surface area (TPSA) is 58.6 Å². The van der Waals surface area contributed by atoms with Crippen LogP contribution in [0.2, 0.25) is 0 Å². The Labute approximate surface area is 185 Å². The monoisotopic (exact) mass is 496 g/mol. The molecule has 9 heteroatoms. The average Bonchev–Trinajstić information content (AvgIpc) is 3.26. The van der Waals surface area contributed by atoms with Crippen LogP contribution in [0.15, 0.2) is 45.1 Å². The maximum absolute atomic E-state index is 12.7. The molecule has 0 saturated carbocycles. The van der Waals surface area contributed by atoms with E-state index in [0.29, 0.717) is 22.3 Å². The Bertz CT molecular complexity index is 942. The van der Waals surface area contributed by atoms with E-state index in [1.54, 1.807) is 23.6 Å². The highest BCUT2D eigenvalue weighted by atomic mass is 79.9. The average molecular weight is 497 g/mol. The van der Waals surface area contributed by atoms with Crippen LogP contribution in [-0.2, 0) is 4.79 Å². The van der Waals surface area contributed by atoms with Gasteiger partial charge in [-0.25, -0.2) is 0 Å². The number of thioether (sulfide) groups is 1. The van der Waals surface area contributed by atoms with E-state index in [4.69, 9.17) is 17.0 Å². The molecule has 5 nitrogen and oxygen atoms in total. The number of thiocarbonyl (C=S) groups is 1. The van der Waals surface area contributed by atoms with Crippen LogP contribution in [0.1, 0.15) is 29.1 Å². The third kappa shape index (κ3) is 5.02. The second kappa shape index (κ2) is 9.21. The van der Waals surface area contributed by atoms with Gasteiger partial charge in [0.1, 0.15) is 5.75 Å². The van der Waals surface area contributed by atoms with Crippen LogP contribution < -0.4 is 10.2 Å². The molecule has 28 heavy (non-hydrogen) atoms. The fourth-order valence-electron chi connectivity index (χ4n) is 2.26. The van der Waals surface area contributed by atoms with Gasteiger partial charge in [0.05, 0.1) is 20.9 Å². The predicted molar refractivity (Wildman–Crippen MR) is 121 cm³/mol. The number of rotatable bonds is 6. The summed E-state index contributed by atoms with van der Waals surface area (Å²) in [6.45, 7) is 4.80. The number of thiophene rings is 1. The molecule has 2 amide bonds. The zero-order valence-corrected chi connectivity index (χ0v) is 19.1. The van der Waals surface area contributed by atoms with Crippen molar-refractivity contribution >= 4 is 73.5 Å². The zero-order valence-electron chi connectivity index (χ0n) is 15.1. The molecule has 0 unspecified atom stereocenters. The molecule has 0 atom stereocenters. The summed E-state index contributed by atoms with van der Waals surface area (Å²) in [7, 11) is 0. The molecule has 1 fully saturated rings. The van der Waals surface area contributed by atoms with E-state index in [1.165, 1.54) is 11.3 Å². The molecular weight excluding hydrogens is 480 g/mol. The minimum Gasteiger partial charge on any atom is -0.492 e. The Morgan fingerprint density at radius 2 is 2.18 bits per heavy atom. The van der Waals surface area contributed by atoms with Gasteiger partial charge in [0.25, 0.3) is 11.8 Å². The number of carbonyl (C=O) groups is 2. The largest absolute Gasteiger partial charge is 0.492 e. The van der Waals surface area contributed by atoms with Crippen molar-refractivity contribution in [3.8, 4) is 5.75 Å². The number of carbonyl (C=O) groups excluding carboxylic acids is 2.